The van der Waals surface area contributed by atoms with E-state index in [1.807, 2.05) is 28.9 Å². The van der Waals surface area contributed by atoms with Gasteiger partial charge < -0.3 is 9.64 Å². The first-order chi connectivity index (χ1) is 11.7. The second kappa shape index (κ2) is 6.02. The first kappa shape index (κ1) is 15.3. The van der Waals surface area contributed by atoms with Crippen molar-refractivity contribution < 1.29 is 9.53 Å². The van der Waals surface area contributed by atoms with E-state index in [-0.39, 0.29) is 11.5 Å². The molecule has 2 aromatic rings. The quantitative estimate of drug-likeness (QED) is 0.847. The van der Waals surface area contributed by atoms with Crippen LogP contribution < -0.4 is 0 Å². The van der Waals surface area contributed by atoms with Gasteiger partial charge in [-0.2, -0.15) is 5.10 Å². The Bertz CT molecular complexity index is 720. The highest BCUT2D eigenvalue weighted by Gasteiger charge is 2.44. The molecule has 4 heterocycles. The van der Waals surface area contributed by atoms with E-state index in [1.165, 1.54) is 5.56 Å². The van der Waals surface area contributed by atoms with Gasteiger partial charge in [0.25, 0.3) is 5.91 Å². The minimum Gasteiger partial charge on any atom is -0.374 e. The molecule has 0 saturated carbocycles. The molecule has 1 spiro atoms. The molecule has 4 rings (SSSR count). The normalized spacial score (nSPS) is 22.9. The molecule has 1 unspecified atom stereocenters. The Hall–Kier alpha value is -2.21. The molecule has 2 aliphatic heterocycles. The number of nitrogens with zero attached hydrogens (tertiary/aromatic N) is 4. The lowest BCUT2D eigenvalue weighted by atomic mass is 9.84. The van der Waals surface area contributed by atoms with Gasteiger partial charge in [0, 0.05) is 44.6 Å². The summed E-state index contributed by atoms with van der Waals surface area (Å²) < 4.78 is 8.05. The summed E-state index contributed by atoms with van der Waals surface area (Å²) in [4.78, 5) is 18.5. The van der Waals surface area contributed by atoms with Crippen molar-refractivity contribution in [2.24, 2.45) is 7.05 Å². The minimum atomic E-state index is -0.0772. The van der Waals surface area contributed by atoms with Crippen LogP contribution in [0.5, 0.6) is 0 Å². The molecule has 126 valence electrons. The molecule has 1 atom stereocenters. The van der Waals surface area contributed by atoms with Gasteiger partial charge in [0.1, 0.15) is 0 Å². The van der Waals surface area contributed by atoms with Gasteiger partial charge in [-0.05, 0) is 37.0 Å². The van der Waals surface area contributed by atoms with Crippen LogP contribution in [-0.2, 0) is 11.8 Å². The van der Waals surface area contributed by atoms with Gasteiger partial charge >= 0.3 is 0 Å². The molecule has 0 radical (unpaired) electrons. The molecule has 6 heteroatoms. The van der Waals surface area contributed by atoms with Crippen LogP contribution in [-0.4, -0.2) is 50.9 Å². The first-order valence-corrected chi connectivity index (χ1v) is 8.47. The Morgan fingerprint density at radius 2 is 2.17 bits per heavy atom. The van der Waals surface area contributed by atoms with E-state index in [0.717, 1.165) is 39.0 Å². The fraction of sp³-hybridized carbons (Fsp3) is 0.500. The number of aryl methyl sites for hydroxylation is 1. The van der Waals surface area contributed by atoms with Crippen LogP contribution in [0.1, 0.15) is 41.1 Å². The first-order valence-electron chi connectivity index (χ1n) is 8.47. The minimum absolute atomic E-state index is 0.0692. The lowest BCUT2D eigenvalue weighted by molar-refractivity contribution is -0.0388. The van der Waals surface area contributed by atoms with E-state index in [9.17, 15) is 4.79 Å². The van der Waals surface area contributed by atoms with Crippen molar-refractivity contribution in [1.29, 1.82) is 0 Å². The third kappa shape index (κ3) is 2.82. The number of likely N-dealkylation sites (tertiary alicyclic amines) is 1. The molecular weight excluding hydrogens is 304 g/mol. The molecule has 2 aromatic heterocycles. The predicted molar refractivity (Wildman–Crippen MR) is 88.6 cm³/mol. The maximum Gasteiger partial charge on any atom is 0.255 e. The maximum atomic E-state index is 12.5. The number of carbonyl (C=O) groups is 1. The molecule has 0 bridgehead atoms. The Kier molecular flexibility index (Phi) is 3.84. The molecule has 2 aliphatic rings. The molecule has 2 saturated heterocycles. The highest BCUT2D eigenvalue weighted by Crippen LogP contribution is 2.42. The molecular formula is C18H22N4O2. The van der Waals surface area contributed by atoms with E-state index in [2.05, 4.69) is 16.3 Å². The number of rotatable bonds is 2. The zero-order valence-corrected chi connectivity index (χ0v) is 13.9. The number of amides is 1. The molecule has 0 aliphatic carbocycles. The average Bonchev–Trinajstić information content (AvgIpc) is 3.23. The highest BCUT2D eigenvalue weighted by molar-refractivity contribution is 5.93. The zero-order valence-electron chi connectivity index (χ0n) is 13.9. The number of hydrogen-bond acceptors (Lipinski definition) is 4. The summed E-state index contributed by atoms with van der Waals surface area (Å²) in [5, 5.41) is 4.27. The van der Waals surface area contributed by atoms with Crippen molar-refractivity contribution >= 4 is 5.91 Å². The van der Waals surface area contributed by atoms with Gasteiger partial charge in [0.05, 0.1) is 24.0 Å². The van der Waals surface area contributed by atoms with Crippen LogP contribution in [0.3, 0.4) is 0 Å². The van der Waals surface area contributed by atoms with Crippen LogP contribution in [0.2, 0.25) is 0 Å². The number of ether oxygens (including phenoxy) is 1. The summed E-state index contributed by atoms with van der Waals surface area (Å²) in [6, 6.07) is 3.63. The van der Waals surface area contributed by atoms with Gasteiger partial charge in [-0.3, -0.25) is 14.5 Å². The van der Waals surface area contributed by atoms with Crippen molar-refractivity contribution in [1.82, 2.24) is 19.7 Å². The summed E-state index contributed by atoms with van der Waals surface area (Å²) in [6.45, 7) is 2.24. The van der Waals surface area contributed by atoms with Crippen LogP contribution >= 0.6 is 0 Å². The van der Waals surface area contributed by atoms with Gasteiger partial charge in [-0.15, -0.1) is 0 Å². The summed E-state index contributed by atoms with van der Waals surface area (Å²) in [7, 11) is 1.94. The topological polar surface area (TPSA) is 60.2 Å². The molecule has 2 fully saturated rings. The van der Waals surface area contributed by atoms with Crippen LogP contribution in [0, 0.1) is 0 Å². The van der Waals surface area contributed by atoms with Gasteiger partial charge in [-0.25, -0.2) is 0 Å². The zero-order chi connectivity index (χ0) is 16.6. The molecule has 0 aromatic carbocycles. The van der Waals surface area contributed by atoms with Gasteiger partial charge in [-0.1, -0.05) is 0 Å². The monoisotopic (exact) mass is 326 g/mol. The molecule has 1 amide bonds. The summed E-state index contributed by atoms with van der Waals surface area (Å²) in [5.74, 6) is 0.485. The standard InChI is InChI=1S/C18H22N4O2/c1-21-12-16(11-20-21)15-9-18(24-13-15)4-7-22(8-5-18)17(23)14-3-2-6-19-10-14/h2-3,6,10-12,15H,4-5,7-9,13H2,1H3. The Balaban J connectivity index is 1.39. The van der Waals surface area contributed by atoms with Gasteiger partial charge in [0.2, 0.25) is 0 Å². The number of piperidine rings is 1. The second-order valence-corrected chi connectivity index (χ2v) is 6.88. The Labute approximate surface area is 141 Å². The number of hydrogen-bond donors (Lipinski definition) is 0. The lowest BCUT2D eigenvalue weighted by Gasteiger charge is -2.38. The van der Waals surface area contributed by atoms with E-state index in [0.29, 0.717) is 11.5 Å². The second-order valence-electron chi connectivity index (χ2n) is 6.88. The summed E-state index contributed by atoms with van der Waals surface area (Å²) in [6.07, 6.45) is 10.2. The smallest absolute Gasteiger partial charge is 0.255 e. The third-order valence-corrected chi connectivity index (χ3v) is 5.28. The number of pyridine rings is 1. The summed E-state index contributed by atoms with van der Waals surface area (Å²) >= 11 is 0. The van der Waals surface area contributed by atoms with Gasteiger partial charge in [0.15, 0.2) is 0 Å². The van der Waals surface area contributed by atoms with Crippen molar-refractivity contribution in [3.05, 3.63) is 48.0 Å². The molecule has 24 heavy (non-hydrogen) atoms. The Morgan fingerprint density at radius 1 is 1.33 bits per heavy atom. The van der Waals surface area contributed by atoms with Crippen LogP contribution in [0.4, 0.5) is 0 Å². The molecule has 6 nitrogen and oxygen atoms in total. The third-order valence-electron chi connectivity index (χ3n) is 5.28. The number of carbonyl (C=O) groups excluding carboxylic acids is 1. The van der Waals surface area contributed by atoms with E-state index >= 15 is 0 Å². The van der Waals surface area contributed by atoms with Crippen molar-refractivity contribution in [2.45, 2.75) is 30.8 Å². The van der Waals surface area contributed by atoms with E-state index < -0.39 is 0 Å². The molecule has 0 N–H and O–H groups in total. The van der Waals surface area contributed by atoms with Crippen molar-refractivity contribution in [2.75, 3.05) is 19.7 Å². The average molecular weight is 326 g/mol. The highest BCUT2D eigenvalue weighted by atomic mass is 16.5. The van der Waals surface area contributed by atoms with Crippen molar-refractivity contribution in [3.8, 4) is 0 Å². The fourth-order valence-electron chi connectivity index (χ4n) is 3.85. The number of aromatic nitrogens is 3. The lowest BCUT2D eigenvalue weighted by Crippen LogP contribution is -2.46. The van der Waals surface area contributed by atoms with E-state index in [4.69, 9.17) is 4.74 Å². The van der Waals surface area contributed by atoms with E-state index in [1.54, 1.807) is 18.5 Å². The predicted octanol–water partition coefficient (Wildman–Crippen LogP) is 1.99. The fourth-order valence-corrected chi connectivity index (χ4v) is 3.85. The summed E-state index contributed by atoms with van der Waals surface area (Å²) in [5.41, 5.74) is 1.84. The maximum absolute atomic E-state index is 12.5. The largest absolute Gasteiger partial charge is 0.374 e. The van der Waals surface area contributed by atoms with Crippen LogP contribution in [0.25, 0.3) is 0 Å². The van der Waals surface area contributed by atoms with Crippen molar-refractivity contribution in [3.63, 3.8) is 0 Å². The Morgan fingerprint density at radius 3 is 2.83 bits per heavy atom. The van der Waals surface area contributed by atoms with Crippen LogP contribution in [0.15, 0.2) is 36.9 Å². The SMILES string of the molecule is Cn1cc(C2COC3(CCN(C(=O)c4cccnc4)CC3)C2)cn1.